The summed E-state index contributed by atoms with van der Waals surface area (Å²) in [5.74, 6) is 0.382. The third-order valence-electron chi connectivity index (χ3n) is 4.54. The molecular weight excluding hydrogens is 362 g/mol. The first-order valence-corrected chi connectivity index (χ1v) is 9.62. The number of ether oxygens (including phenoxy) is 2. The second-order valence-corrected chi connectivity index (χ2v) is 7.33. The number of rotatable bonds is 9. The minimum atomic E-state index is -0.883. The first-order valence-electron chi connectivity index (χ1n) is 9.62. The van der Waals surface area contributed by atoms with Crippen molar-refractivity contribution in [2.45, 2.75) is 25.9 Å². The summed E-state index contributed by atoms with van der Waals surface area (Å²) < 4.78 is 11.3. The molecule has 2 N–H and O–H groups in total. The fourth-order valence-corrected chi connectivity index (χ4v) is 3.04. The molecule has 0 saturated carbocycles. The fourth-order valence-electron chi connectivity index (χ4n) is 3.04. The Labute approximate surface area is 166 Å². The third kappa shape index (κ3) is 7.36. The van der Waals surface area contributed by atoms with Gasteiger partial charge in [-0.15, -0.1) is 0 Å². The molecule has 1 aromatic carbocycles. The molecule has 1 unspecified atom stereocenters. The number of morpholine rings is 1. The number of carboxylic acids is 1. The molecule has 2 rings (SSSR count). The monoisotopic (exact) mass is 393 g/mol. The highest BCUT2D eigenvalue weighted by atomic mass is 16.5. The second-order valence-electron chi connectivity index (χ2n) is 7.33. The number of nitrogens with one attached hydrogen (secondary N) is 1. The molecule has 1 aromatic rings. The van der Waals surface area contributed by atoms with E-state index in [0.29, 0.717) is 45.3 Å². The molecule has 8 heteroatoms. The van der Waals surface area contributed by atoms with Crippen LogP contribution in [-0.2, 0) is 9.53 Å². The standard InChI is InChI=1S/C20H31N3O5/c1-15(2)16-4-6-17(7-5-16)27-10-8-21-20(26)23-9-11-28-18(13-23)12-22(3)14-19(24)25/h4-7,15,18H,8-14H2,1-3H3,(H,21,26)(H,24,25). The van der Waals surface area contributed by atoms with Gasteiger partial charge in [-0.2, -0.15) is 0 Å². The lowest BCUT2D eigenvalue weighted by Crippen LogP contribution is -2.52. The summed E-state index contributed by atoms with van der Waals surface area (Å²) in [6, 6.07) is 7.82. The number of carboxylic acid groups (broad SMARTS) is 1. The first kappa shape index (κ1) is 22.0. The summed E-state index contributed by atoms with van der Waals surface area (Å²) in [6.45, 7) is 6.89. The Kier molecular flexibility index (Phi) is 8.53. The van der Waals surface area contributed by atoms with Crippen LogP contribution in [0.3, 0.4) is 0 Å². The van der Waals surface area contributed by atoms with Crippen LogP contribution in [0.5, 0.6) is 5.75 Å². The molecule has 1 aliphatic heterocycles. The van der Waals surface area contributed by atoms with E-state index < -0.39 is 5.97 Å². The quantitative estimate of drug-likeness (QED) is 0.620. The van der Waals surface area contributed by atoms with Crippen LogP contribution in [0.4, 0.5) is 4.79 Å². The maximum atomic E-state index is 12.3. The van der Waals surface area contributed by atoms with E-state index in [2.05, 4.69) is 19.2 Å². The Morgan fingerprint density at radius 3 is 2.71 bits per heavy atom. The van der Waals surface area contributed by atoms with E-state index in [1.165, 1.54) is 5.56 Å². The van der Waals surface area contributed by atoms with Gasteiger partial charge in [-0.1, -0.05) is 26.0 Å². The number of hydrogen-bond acceptors (Lipinski definition) is 5. The van der Waals surface area contributed by atoms with Gasteiger partial charge in [0, 0.05) is 19.6 Å². The maximum absolute atomic E-state index is 12.3. The molecule has 0 spiro atoms. The molecule has 8 nitrogen and oxygen atoms in total. The van der Waals surface area contributed by atoms with Crippen molar-refractivity contribution in [3.8, 4) is 5.75 Å². The third-order valence-corrected chi connectivity index (χ3v) is 4.54. The van der Waals surface area contributed by atoms with E-state index >= 15 is 0 Å². The van der Waals surface area contributed by atoms with Crippen molar-refractivity contribution in [3.63, 3.8) is 0 Å². The van der Waals surface area contributed by atoms with Crippen molar-refractivity contribution in [2.75, 3.05) is 53.0 Å². The van der Waals surface area contributed by atoms with Crippen LogP contribution in [0.1, 0.15) is 25.3 Å². The van der Waals surface area contributed by atoms with Crippen molar-refractivity contribution < 1.29 is 24.2 Å². The van der Waals surface area contributed by atoms with Crippen molar-refractivity contribution in [2.24, 2.45) is 0 Å². The highest BCUT2D eigenvalue weighted by molar-refractivity contribution is 5.74. The van der Waals surface area contributed by atoms with Gasteiger partial charge < -0.3 is 24.8 Å². The molecule has 1 atom stereocenters. The van der Waals surface area contributed by atoms with Crippen molar-refractivity contribution >= 4 is 12.0 Å². The number of carbonyl (C=O) groups excluding carboxylic acids is 1. The van der Waals surface area contributed by atoms with Gasteiger partial charge in [-0.05, 0) is 30.7 Å². The molecule has 156 valence electrons. The van der Waals surface area contributed by atoms with E-state index in [-0.39, 0.29) is 18.7 Å². The number of amides is 2. The summed E-state index contributed by atoms with van der Waals surface area (Å²) in [6.07, 6.45) is -0.195. The van der Waals surface area contributed by atoms with E-state index in [0.717, 1.165) is 5.75 Å². The molecule has 0 aromatic heterocycles. The van der Waals surface area contributed by atoms with E-state index in [4.69, 9.17) is 14.6 Å². The van der Waals surface area contributed by atoms with Crippen LogP contribution in [0.2, 0.25) is 0 Å². The van der Waals surface area contributed by atoms with E-state index in [1.807, 2.05) is 24.3 Å². The van der Waals surface area contributed by atoms with Gasteiger partial charge >= 0.3 is 12.0 Å². The molecule has 0 radical (unpaired) electrons. The number of likely N-dealkylation sites (N-methyl/N-ethyl adjacent to an activating group) is 1. The number of aliphatic carboxylic acids is 1. The van der Waals surface area contributed by atoms with Crippen molar-refractivity contribution in [1.82, 2.24) is 15.1 Å². The Bertz CT molecular complexity index is 635. The topological polar surface area (TPSA) is 91.3 Å². The molecule has 1 fully saturated rings. The van der Waals surface area contributed by atoms with Crippen LogP contribution in [-0.4, -0.2) is 86.0 Å². The highest BCUT2D eigenvalue weighted by Crippen LogP contribution is 2.18. The lowest BCUT2D eigenvalue weighted by atomic mass is 10.0. The largest absolute Gasteiger partial charge is 0.492 e. The zero-order valence-corrected chi connectivity index (χ0v) is 16.9. The molecular formula is C20H31N3O5. The average Bonchev–Trinajstić information content (AvgIpc) is 2.65. The van der Waals surface area contributed by atoms with E-state index in [9.17, 15) is 9.59 Å². The van der Waals surface area contributed by atoms with Crippen LogP contribution >= 0.6 is 0 Å². The lowest BCUT2D eigenvalue weighted by molar-refractivity contribution is -0.138. The first-order chi connectivity index (χ1) is 13.3. The minimum Gasteiger partial charge on any atom is -0.492 e. The zero-order chi connectivity index (χ0) is 20.5. The van der Waals surface area contributed by atoms with Gasteiger partial charge in [0.15, 0.2) is 0 Å². The predicted molar refractivity (Wildman–Crippen MR) is 106 cm³/mol. The van der Waals surface area contributed by atoms with Gasteiger partial charge in [-0.25, -0.2) is 4.79 Å². The summed E-state index contributed by atoms with van der Waals surface area (Å²) in [5.41, 5.74) is 1.26. The number of benzene rings is 1. The summed E-state index contributed by atoms with van der Waals surface area (Å²) >= 11 is 0. The molecule has 1 saturated heterocycles. The number of hydrogen-bond donors (Lipinski definition) is 2. The molecule has 28 heavy (non-hydrogen) atoms. The Balaban J connectivity index is 1.68. The van der Waals surface area contributed by atoms with Crippen LogP contribution < -0.4 is 10.1 Å². The Morgan fingerprint density at radius 1 is 1.36 bits per heavy atom. The average molecular weight is 393 g/mol. The van der Waals surface area contributed by atoms with Gasteiger partial charge in [0.05, 0.1) is 25.8 Å². The SMILES string of the molecule is CC(C)c1ccc(OCCNC(=O)N2CCOC(CN(C)CC(=O)O)C2)cc1. The van der Waals surface area contributed by atoms with Gasteiger partial charge in [0.2, 0.25) is 0 Å². The Hall–Kier alpha value is -2.32. The van der Waals surface area contributed by atoms with Gasteiger partial charge in [0.1, 0.15) is 12.4 Å². The molecule has 1 heterocycles. The number of nitrogens with zero attached hydrogens (tertiary/aromatic N) is 2. The second kappa shape index (κ2) is 10.9. The van der Waals surface area contributed by atoms with Crippen molar-refractivity contribution in [1.29, 1.82) is 0 Å². The van der Waals surface area contributed by atoms with Gasteiger partial charge in [0.25, 0.3) is 0 Å². The number of carbonyl (C=O) groups is 2. The smallest absolute Gasteiger partial charge is 0.317 e. The minimum absolute atomic E-state index is 0.0540. The summed E-state index contributed by atoms with van der Waals surface area (Å²) in [5, 5.41) is 11.7. The molecule has 1 aliphatic rings. The molecule has 2 amide bonds. The zero-order valence-electron chi connectivity index (χ0n) is 16.9. The fraction of sp³-hybridized carbons (Fsp3) is 0.600. The van der Waals surface area contributed by atoms with Crippen molar-refractivity contribution in [3.05, 3.63) is 29.8 Å². The maximum Gasteiger partial charge on any atom is 0.317 e. The van der Waals surface area contributed by atoms with Crippen LogP contribution in [0.15, 0.2) is 24.3 Å². The highest BCUT2D eigenvalue weighted by Gasteiger charge is 2.25. The van der Waals surface area contributed by atoms with E-state index in [1.54, 1.807) is 16.8 Å². The normalized spacial score (nSPS) is 17.0. The molecule has 0 bridgehead atoms. The Morgan fingerprint density at radius 2 is 2.07 bits per heavy atom. The summed E-state index contributed by atoms with van der Waals surface area (Å²) in [4.78, 5) is 26.5. The number of urea groups is 1. The van der Waals surface area contributed by atoms with Crippen LogP contribution in [0.25, 0.3) is 0 Å². The molecule has 0 aliphatic carbocycles. The van der Waals surface area contributed by atoms with Gasteiger partial charge in [-0.3, -0.25) is 9.69 Å². The summed E-state index contributed by atoms with van der Waals surface area (Å²) in [7, 11) is 1.72. The lowest BCUT2D eigenvalue weighted by Gasteiger charge is -2.34. The van der Waals surface area contributed by atoms with Crippen LogP contribution in [0, 0.1) is 0 Å². The predicted octanol–water partition coefficient (Wildman–Crippen LogP) is 1.62.